The zero-order valence-corrected chi connectivity index (χ0v) is 13.9. The van der Waals surface area contributed by atoms with E-state index in [1.165, 1.54) is 24.3 Å². The summed E-state index contributed by atoms with van der Waals surface area (Å²) in [6, 6.07) is 5.26. The first-order valence-corrected chi connectivity index (χ1v) is 9.33. The molecule has 1 aromatic rings. The van der Waals surface area contributed by atoms with Crippen LogP contribution in [0.2, 0.25) is 0 Å². The highest BCUT2D eigenvalue weighted by atomic mass is 32.2. The molecule has 9 heteroatoms. The van der Waals surface area contributed by atoms with E-state index in [-0.39, 0.29) is 16.7 Å². The molecule has 2 saturated heterocycles. The molecule has 0 aliphatic carbocycles. The Morgan fingerprint density at radius 2 is 1.71 bits per heavy atom. The van der Waals surface area contributed by atoms with Crippen molar-refractivity contribution in [1.29, 1.82) is 0 Å². The number of nitrogens with one attached hydrogen (secondary N) is 2. The van der Waals surface area contributed by atoms with Gasteiger partial charge < -0.3 is 10.2 Å². The molecule has 2 heterocycles. The number of likely N-dealkylation sites (tertiary alicyclic amines) is 1. The van der Waals surface area contributed by atoms with Gasteiger partial charge in [0, 0.05) is 24.9 Å². The monoisotopic (exact) mass is 351 g/mol. The number of benzene rings is 1. The Hall–Kier alpha value is -2.42. The molecule has 2 aliphatic heterocycles. The van der Waals surface area contributed by atoms with Crippen LogP contribution in [0.4, 0.5) is 4.79 Å². The molecule has 1 aromatic carbocycles. The number of urea groups is 1. The van der Waals surface area contributed by atoms with Gasteiger partial charge >= 0.3 is 6.03 Å². The first-order valence-electron chi connectivity index (χ1n) is 7.44. The van der Waals surface area contributed by atoms with Gasteiger partial charge in [-0.25, -0.2) is 13.2 Å². The van der Waals surface area contributed by atoms with Gasteiger partial charge in [-0.05, 0) is 37.1 Å². The van der Waals surface area contributed by atoms with Crippen molar-refractivity contribution in [2.24, 2.45) is 0 Å². The van der Waals surface area contributed by atoms with Crippen LogP contribution in [0.5, 0.6) is 0 Å². The highest BCUT2D eigenvalue weighted by Crippen LogP contribution is 2.26. The maximum atomic E-state index is 12.5. The number of nitrogens with zero attached hydrogens (tertiary/aromatic N) is 1. The average molecular weight is 351 g/mol. The summed E-state index contributed by atoms with van der Waals surface area (Å²) in [5, 5.41) is 4.86. The molecule has 0 atom stereocenters. The van der Waals surface area contributed by atoms with E-state index in [1.54, 1.807) is 4.90 Å². The van der Waals surface area contributed by atoms with Crippen LogP contribution in [0.15, 0.2) is 29.2 Å². The van der Waals surface area contributed by atoms with E-state index >= 15 is 0 Å². The molecule has 4 amide bonds. The maximum Gasteiger partial charge on any atom is 0.322 e. The third-order valence-electron chi connectivity index (χ3n) is 4.45. The fourth-order valence-corrected chi connectivity index (χ4v) is 3.63. The van der Waals surface area contributed by atoms with Gasteiger partial charge in [0.1, 0.15) is 5.54 Å². The standard InChI is InChI=1S/C15H17N3O5S/c1-24(22,23)11-4-2-10(3-5-11)12(19)18-8-6-15(7-9-18)13(20)16-14(21)17-15/h2-5H,6-9H2,1H3,(H2,16,17,20,21). The van der Waals surface area contributed by atoms with Crippen LogP contribution in [0.3, 0.4) is 0 Å². The minimum atomic E-state index is -3.31. The van der Waals surface area contributed by atoms with Crippen molar-refractivity contribution in [1.82, 2.24) is 15.5 Å². The minimum Gasteiger partial charge on any atom is -0.338 e. The number of amides is 4. The maximum absolute atomic E-state index is 12.5. The number of hydrogen-bond acceptors (Lipinski definition) is 5. The summed E-state index contributed by atoms with van der Waals surface area (Å²) in [6.45, 7) is 0.667. The molecule has 0 unspecified atom stereocenters. The van der Waals surface area contributed by atoms with Crippen molar-refractivity contribution >= 4 is 27.7 Å². The number of carbonyl (C=O) groups is 3. The van der Waals surface area contributed by atoms with E-state index in [1.807, 2.05) is 0 Å². The van der Waals surface area contributed by atoms with E-state index in [0.717, 1.165) is 6.26 Å². The van der Waals surface area contributed by atoms with E-state index in [2.05, 4.69) is 10.6 Å². The predicted molar refractivity (Wildman–Crippen MR) is 84.1 cm³/mol. The van der Waals surface area contributed by atoms with Crippen LogP contribution < -0.4 is 10.6 Å². The van der Waals surface area contributed by atoms with Crippen LogP contribution in [0, 0.1) is 0 Å². The van der Waals surface area contributed by atoms with Gasteiger partial charge in [-0.15, -0.1) is 0 Å². The second-order valence-electron chi connectivity index (χ2n) is 6.08. The minimum absolute atomic E-state index is 0.155. The Morgan fingerprint density at radius 3 is 2.17 bits per heavy atom. The van der Waals surface area contributed by atoms with Gasteiger partial charge in [-0.2, -0.15) is 0 Å². The Bertz CT molecular complexity index is 808. The Balaban J connectivity index is 1.69. The van der Waals surface area contributed by atoms with Crippen molar-refractivity contribution in [3.8, 4) is 0 Å². The molecular formula is C15H17N3O5S. The molecule has 2 N–H and O–H groups in total. The fourth-order valence-electron chi connectivity index (χ4n) is 3.00. The van der Waals surface area contributed by atoms with E-state index in [9.17, 15) is 22.8 Å². The molecule has 8 nitrogen and oxygen atoms in total. The number of sulfone groups is 1. The summed E-state index contributed by atoms with van der Waals surface area (Å²) in [5.74, 6) is -0.577. The van der Waals surface area contributed by atoms with Gasteiger partial charge in [-0.1, -0.05) is 0 Å². The number of rotatable bonds is 2. The molecule has 2 fully saturated rings. The van der Waals surface area contributed by atoms with Crippen molar-refractivity contribution in [3.63, 3.8) is 0 Å². The summed E-state index contributed by atoms with van der Waals surface area (Å²) in [4.78, 5) is 37.4. The quantitative estimate of drug-likeness (QED) is 0.723. The van der Waals surface area contributed by atoms with Crippen LogP contribution in [-0.4, -0.2) is 56.0 Å². The molecule has 0 bridgehead atoms. The summed E-state index contributed by atoms with van der Waals surface area (Å²) in [7, 11) is -3.31. The van der Waals surface area contributed by atoms with Crippen molar-refractivity contribution in [3.05, 3.63) is 29.8 Å². The van der Waals surface area contributed by atoms with Crippen molar-refractivity contribution in [2.75, 3.05) is 19.3 Å². The topological polar surface area (TPSA) is 113 Å². The lowest BCUT2D eigenvalue weighted by atomic mass is 9.87. The summed E-state index contributed by atoms with van der Waals surface area (Å²) >= 11 is 0. The number of carbonyl (C=O) groups excluding carboxylic acids is 3. The normalized spacial score (nSPS) is 20.0. The second kappa shape index (κ2) is 5.59. The molecular weight excluding hydrogens is 334 g/mol. The van der Waals surface area contributed by atoms with Crippen molar-refractivity contribution in [2.45, 2.75) is 23.3 Å². The molecule has 2 aliphatic rings. The van der Waals surface area contributed by atoms with Crippen LogP contribution in [0.1, 0.15) is 23.2 Å². The zero-order valence-electron chi connectivity index (χ0n) is 13.0. The third-order valence-corrected chi connectivity index (χ3v) is 5.58. The molecule has 128 valence electrons. The van der Waals surface area contributed by atoms with Gasteiger partial charge in [0.15, 0.2) is 9.84 Å². The SMILES string of the molecule is CS(=O)(=O)c1ccc(C(=O)N2CCC3(CC2)NC(=O)NC3=O)cc1. The highest BCUT2D eigenvalue weighted by Gasteiger charge is 2.48. The number of imide groups is 1. The fraction of sp³-hybridized carbons (Fsp3) is 0.400. The second-order valence-corrected chi connectivity index (χ2v) is 8.09. The molecule has 1 spiro atoms. The average Bonchev–Trinajstić information content (AvgIpc) is 2.80. The third kappa shape index (κ3) is 2.86. The van der Waals surface area contributed by atoms with Gasteiger partial charge in [-0.3, -0.25) is 14.9 Å². The molecule has 0 aromatic heterocycles. The summed E-state index contributed by atoms with van der Waals surface area (Å²) in [5.41, 5.74) is -0.535. The van der Waals surface area contributed by atoms with Crippen LogP contribution in [-0.2, 0) is 14.6 Å². The Labute approximate surface area is 139 Å². The number of hydrogen-bond donors (Lipinski definition) is 2. The lowest BCUT2D eigenvalue weighted by molar-refractivity contribution is -0.125. The van der Waals surface area contributed by atoms with Gasteiger partial charge in [0.2, 0.25) is 0 Å². The predicted octanol–water partition coefficient (Wildman–Crippen LogP) is -0.0957. The molecule has 0 saturated carbocycles. The molecule has 0 radical (unpaired) electrons. The summed E-state index contributed by atoms with van der Waals surface area (Å²) < 4.78 is 22.9. The Morgan fingerprint density at radius 1 is 1.12 bits per heavy atom. The molecule has 24 heavy (non-hydrogen) atoms. The smallest absolute Gasteiger partial charge is 0.322 e. The van der Waals surface area contributed by atoms with E-state index in [0.29, 0.717) is 31.5 Å². The Kier molecular flexibility index (Phi) is 3.83. The highest BCUT2D eigenvalue weighted by molar-refractivity contribution is 7.90. The van der Waals surface area contributed by atoms with Crippen molar-refractivity contribution < 1.29 is 22.8 Å². The zero-order chi connectivity index (χ0) is 17.5. The van der Waals surface area contributed by atoms with Crippen LogP contribution >= 0.6 is 0 Å². The van der Waals surface area contributed by atoms with Gasteiger partial charge in [0.25, 0.3) is 11.8 Å². The lowest BCUT2D eigenvalue weighted by Gasteiger charge is -2.37. The van der Waals surface area contributed by atoms with Gasteiger partial charge in [0.05, 0.1) is 4.90 Å². The largest absolute Gasteiger partial charge is 0.338 e. The van der Waals surface area contributed by atoms with E-state index in [4.69, 9.17) is 0 Å². The first-order chi connectivity index (χ1) is 11.2. The van der Waals surface area contributed by atoms with E-state index < -0.39 is 21.4 Å². The van der Waals surface area contributed by atoms with Crippen LogP contribution in [0.25, 0.3) is 0 Å². The summed E-state index contributed by atoms with van der Waals surface area (Å²) in [6.07, 6.45) is 1.80. The first kappa shape index (κ1) is 16.4. The number of piperidine rings is 1. The molecule has 3 rings (SSSR count). The lowest BCUT2D eigenvalue weighted by Crippen LogP contribution is -2.55.